The highest BCUT2D eigenvalue weighted by Gasteiger charge is 2.54. The molecule has 0 saturated heterocycles. The summed E-state index contributed by atoms with van der Waals surface area (Å²) in [5.74, 6) is -1.19. The largest absolute Gasteiger partial charge is 0.294 e. The second kappa shape index (κ2) is 10.2. The van der Waals surface area contributed by atoms with Gasteiger partial charge in [0, 0.05) is 40.7 Å². The maximum absolute atomic E-state index is 15.3. The van der Waals surface area contributed by atoms with Crippen LogP contribution in [0.5, 0.6) is 0 Å². The van der Waals surface area contributed by atoms with Crippen LogP contribution in [-0.2, 0) is 16.0 Å². The molecule has 2 heteroatoms. The van der Waals surface area contributed by atoms with E-state index in [0.29, 0.717) is 6.42 Å². The Labute approximate surface area is 269 Å². The minimum Gasteiger partial charge on any atom is -0.294 e. The Morgan fingerprint density at radius 1 is 0.543 bits per heavy atom. The second-order valence-electron chi connectivity index (χ2n) is 13.5. The highest BCUT2D eigenvalue weighted by molar-refractivity contribution is 6.17. The van der Waals surface area contributed by atoms with E-state index in [4.69, 9.17) is 0 Å². The quantitative estimate of drug-likeness (QED) is 0.200. The molecule has 3 aliphatic rings. The highest BCUT2D eigenvalue weighted by Crippen LogP contribution is 2.56. The summed E-state index contributed by atoms with van der Waals surface area (Å²) in [7, 11) is 0. The van der Waals surface area contributed by atoms with Crippen molar-refractivity contribution in [2.75, 3.05) is 0 Å². The van der Waals surface area contributed by atoms with Crippen LogP contribution >= 0.6 is 0 Å². The average Bonchev–Trinajstić information content (AvgIpc) is 3.09. The number of carbonyl (C=O) groups excluding carboxylic acids is 2. The Balaban J connectivity index is 1.30. The molecule has 0 saturated carbocycles. The lowest BCUT2D eigenvalue weighted by Crippen LogP contribution is -2.48. The molecule has 5 unspecified atom stereocenters. The minimum absolute atomic E-state index is 0.150. The molecule has 0 radical (unpaired) electrons. The molecule has 2 nitrogen and oxygen atoms in total. The van der Waals surface area contributed by atoms with Crippen molar-refractivity contribution in [3.8, 4) is 0 Å². The average molecular weight is 595 g/mol. The second-order valence-corrected chi connectivity index (χ2v) is 13.5. The summed E-state index contributed by atoms with van der Waals surface area (Å²) in [5, 5.41) is 4.66. The summed E-state index contributed by atoms with van der Waals surface area (Å²) in [5.41, 5.74) is 9.48. The highest BCUT2D eigenvalue weighted by atomic mass is 16.1. The smallest absolute Gasteiger partial charge is 0.164 e. The fraction of sp³-hybridized carbons (Fsp3) is 0.182. The third kappa shape index (κ3) is 3.89. The molecule has 222 valence electrons. The summed E-state index contributed by atoms with van der Waals surface area (Å²) >= 11 is 0. The molecule has 9 rings (SSSR count). The summed E-state index contributed by atoms with van der Waals surface area (Å²) < 4.78 is 0. The van der Waals surface area contributed by atoms with Crippen LogP contribution in [0.4, 0.5) is 0 Å². The van der Waals surface area contributed by atoms with E-state index in [1.807, 2.05) is 6.07 Å². The molecule has 0 amide bonds. The molecule has 0 fully saturated rings. The molecular weight excluding hydrogens is 560 g/mol. The van der Waals surface area contributed by atoms with Crippen molar-refractivity contribution in [1.29, 1.82) is 0 Å². The lowest BCUT2D eigenvalue weighted by Gasteiger charge is -2.46. The predicted molar refractivity (Wildman–Crippen MR) is 185 cm³/mol. The number of carbonyl (C=O) groups is 2. The topological polar surface area (TPSA) is 34.1 Å². The number of fused-ring (bicyclic) bond motifs is 5. The zero-order valence-electron chi connectivity index (χ0n) is 26.0. The van der Waals surface area contributed by atoms with Gasteiger partial charge in [-0.2, -0.15) is 0 Å². The van der Waals surface area contributed by atoms with Crippen molar-refractivity contribution < 1.29 is 9.59 Å². The molecule has 0 aliphatic heterocycles. The van der Waals surface area contributed by atoms with Crippen LogP contribution in [0.15, 0.2) is 139 Å². The van der Waals surface area contributed by atoms with Crippen molar-refractivity contribution in [1.82, 2.24) is 0 Å². The van der Waals surface area contributed by atoms with Gasteiger partial charge in [-0.25, -0.2) is 0 Å². The first kappa shape index (κ1) is 27.2. The third-order valence-electron chi connectivity index (χ3n) is 11.2. The number of ketones is 2. The number of hydrogen-bond donors (Lipinski definition) is 0. The van der Waals surface area contributed by atoms with Gasteiger partial charge in [-0.3, -0.25) is 9.59 Å². The molecule has 0 heterocycles. The molecule has 3 aliphatic carbocycles. The number of rotatable bonds is 2. The van der Waals surface area contributed by atoms with Gasteiger partial charge in [0.2, 0.25) is 0 Å². The SMILES string of the molecule is Cc1ccccc1C1C2=C(C(=O)C3C(Cc4cc5ccccc5cc4C3c3ccc4ccccc4c3)C2=O)C(C)c2ccccc21. The number of benzene rings is 6. The van der Waals surface area contributed by atoms with Crippen LogP contribution < -0.4 is 0 Å². The van der Waals surface area contributed by atoms with Crippen molar-refractivity contribution in [3.63, 3.8) is 0 Å². The normalized spacial score (nSPS) is 23.6. The molecule has 6 aromatic rings. The lowest BCUT2D eigenvalue weighted by molar-refractivity contribution is -0.132. The molecule has 0 spiro atoms. The Morgan fingerprint density at radius 2 is 1.15 bits per heavy atom. The first-order valence-electron chi connectivity index (χ1n) is 16.5. The van der Waals surface area contributed by atoms with Crippen LogP contribution in [0.2, 0.25) is 0 Å². The zero-order valence-corrected chi connectivity index (χ0v) is 26.0. The first-order valence-corrected chi connectivity index (χ1v) is 16.5. The molecule has 0 N–H and O–H groups in total. The van der Waals surface area contributed by atoms with Crippen LogP contribution in [0.25, 0.3) is 21.5 Å². The van der Waals surface area contributed by atoms with Crippen LogP contribution in [0.3, 0.4) is 0 Å². The fourth-order valence-electron chi connectivity index (χ4n) is 9.04. The number of allylic oxidation sites excluding steroid dienone is 2. The van der Waals surface area contributed by atoms with Crippen molar-refractivity contribution in [2.24, 2.45) is 11.8 Å². The maximum atomic E-state index is 15.3. The lowest BCUT2D eigenvalue weighted by atomic mass is 9.54. The van der Waals surface area contributed by atoms with Gasteiger partial charge < -0.3 is 0 Å². The summed E-state index contributed by atoms with van der Waals surface area (Å²) in [6.45, 7) is 4.24. The number of aryl methyl sites for hydroxylation is 1. The number of hydrogen-bond acceptors (Lipinski definition) is 2. The first-order chi connectivity index (χ1) is 22.5. The van der Waals surface area contributed by atoms with Crippen molar-refractivity contribution >= 4 is 33.1 Å². The van der Waals surface area contributed by atoms with Gasteiger partial charge in [0.25, 0.3) is 0 Å². The van der Waals surface area contributed by atoms with E-state index in [9.17, 15) is 0 Å². The van der Waals surface area contributed by atoms with Crippen LogP contribution in [0, 0.1) is 18.8 Å². The number of Topliss-reactive ketones (excluding diaryl/α,β-unsaturated/α-hetero) is 2. The fourth-order valence-corrected chi connectivity index (χ4v) is 9.04. The molecule has 46 heavy (non-hydrogen) atoms. The van der Waals surface area contributed by atoms with Crippen LogP contribution in [-0.4, -0.2) is 11.6 Å². The van der Waals surface area contributed by atoms with Gasteiger partial charge >= 0.3 is 0 Å². The molecule has 5 atom stereocenters. The van der Waals surface area contributed by atoms with E-state index >= 15 is 9.59 Å². The van der Waals surface area contributed by atoms with Gasteiger partial charge in [-0.15, -0.1) is 0 Å². The summed E-state index contributed by atoms with van der Waals surface area (Å²) in [6.07, 6.45) is 0.576. The standard InChI is InChI=1S/C44H34O2/c1-25-11-3-8-16-33(25)40-35-18-10-9-17-34(35)26(2)38-42(40)43(45)37-24-32-22-29-14-6-7-15-30(29)23-36(32)39(41(37)44(38)46)31-20-19-27-12-4-5-13-28(27)21-31/h3-23,26,37,39-41H,24H2,1-2H3. The molecule has 0 aromatic heterocycles. The van der Waals surface area contributed by atoms with Gasteiger partial charge in [-0.1, -0.05) is 134 Å². The van der Waals surface area contributed by atoms with Crippen molar-refractivity contribution in [2.45, 2.75) is 38.0 Å². The molecular formula is C44H34O2. The summed E-state index contributed by atoms with van der Waals surface area (Å²) in [6, 6.07) is 44.8. The Morgan fingerprint density at radius 3 is 1.89 bits per heavy atom. The molecule has 0 bridgehead atoms. The Bertz CT molecular complexity index is 2290. The van der Waals surface area contributed by atoms with E-state index in [2.05, 4.69) is 135 Å². The molecule has 6 aromatic carbocycles. The monoisotopic (exact) mass is 594 g/mol. The third-order valence-corrected chi connectivity index (χ3v) is 11.2. The van der Waals surface area contributed by atoms with E-state index in [-0.39, 0.29) is 29.3 Å². The van der Waals surface area contributed by atoms with Crippen LogP contribution in [0.1, 0.15) is 63.6 Å². The van der Waals surface area contributed by atoms with Crippen molar-refractivity contribution in [3.05, 3.63) is 177 Å². The van der Waals surface area contributed by atoms with Gasteiger partial charge in [0.1, 0.15) is 0 Å². The Kier molecular flexibility index (Phi) is 6.05. The predicted octanol–water partition coefficient (Wildman–Crippen LogP) is 9.62. The van der Waals surface area contributed by atoms with E-state index in [0.717, 1.165) is 44.3 Å². The Hall–Kier alpha value is -5.08. The van der Waals surface area contributed by atoms with E-state index in [1.54, 1.807) is 0 Å². The van der Waals surface area contributed by atoms with E-state index in [1.165, 1.54) is 27.3 Å². The zero-order chi connectivity index (χ0) is 31.1. The van der Waals surface area contributed by atoms with Gasteiger partial charge in [0.05, 0.1) is 0 Å². The summed E-state index contributed by atoms with van der Waals surface area (Å²) in [4.78, 5) is 30.6. The van der Waals surface area contributed by atoms with Gasteiger partial charge in [-0.05, 0) is 73.8 Å². The minimum atomic E-state index is -0.452. The maximum Gasteiger partial charge on any atom is 0.164 e. The van der Waals surface area contributed by atoms with E-state index < -0.39 is 11.8 Å². The van der Waals surface area contributed by atoms with Gasteiger partial charge in [0.15, 0.2) is 11.6 Å².